The maximum absolute atomic E-state index is 5.29. The highest BCUT2D eigenvalue weighted by molar-refractivity contribution is 5.39. The average Bonchev–Trinajstić information content (AvgIpc) is 2.93. The maximum Gasteiger partial charge on any atom is 0.239 e. The minimum atomic E-state index is 0.447. The predicted octanol–water partition coefficient (Wildman–Crippen LogP) is 1.18. The third-order valence-corrected chi connectivity index (χ3v) is 3.34. The number of aromatic nitrogens is 5. The van der Waals surface area contributed by atoms with Gasteiger partial charge in [-0.1, -0.05) is 12.1 Å². The van der Waals surface area contributed by atoms with Crippen molar-refractivity contribution in [1.29, 1.82) is 0 Å². The Morgan fingerprint density at radius 1 is 1.53 bits per heavy atom. The van der Waals surface area contributed by atoms with Crippen molar-refractivity contribution in [3.8, 4) is 11.6 Å². The molecule has 2 aromatic rings. The lowest BCUT2D eigenvalue weighted by molar-refractivity contribution is 0.346. The molecule has 2 aromatic heterocycles. The van der Waals surface area contributed by atoms with E-state index in [0.29, 0.717) is 23.6 Å². The van der Waals surface area contributed by atoms with Gasteiger partial charge in [0.25, 0.3) is 0 Å². The fourth-order valence-corrected chi connectivity index (χ4v) is 2.17. The molecule has 0 spiro atoms. The van der Waals surface area contributed by atoms with Crippen molar-refractivity contribution >= 4 is 0 Å². The van der Waals surface area contributed by atoms with Crippen LogP contribution in [0.4, 0.5) is 0 Å². The third kappa shape index (κ3) is 2.98. The van der Waals surface area contributed by atoms with Crippen LogP contribution in [0.5, 0.6) is 0 Å². The van der Waals surface area contributed by atoms with Crippen LogP contribution in [0.3, 0.4) is 0 Å². The van der Waals surface area contributed by atoms with E-state index < -0.39 is 0 Å². The lowest BCUT2D eigenvalue weighted by Crippen LogP contribution is -2.33. The van der Waals surface area contributed by atoms with Gasteiger partial charge in [-0.25, -0.2) is 4.98 Å². The molecule has 0 radical (unpaired) electrons. The topological polar surface area (TPSA) is 92.5 Å². The molecule has 1 atom stereocenters. The molecule has 0 aliphatic heterocycles. The van der Waals surface area contributed by atoms with Crippen LogP contribution in [0, 0.1) is 5.92 Å². The minimum absolute atomic E-state index is 0.447. The molecule has 3 rings (SSSR count). The Balaban J connectivity index is 1.65. The first-order valence-electron chi connectivity index (χ1n) is 6.78. The van der Waals surface area contributed by atoms with Crippen molar-refractivity contribution in [2.45, 2.75) is 38.6 Å². The second-order valence-corrected chi connectivity index (χ2v) is 4.95. The summed E-state index contributed by atoms with van der Waals surface area (Å²) in [6.07, 6.45) is 5.94. The van der Waals surface area contributed by atoms with Gasteiger partial charge in [-0.3, -0.25) is 5.10 Å². The van der Waals surface area contributed by atoms with Gasteiger partial charge in [0.05, 0.1) is 0 Å². The van der Waals surface area contributed by atoms with Crippen molar-refractivity contribution in [1.82, 2.24) is 30.6 Å². The zero-order valence-electron chi connectivity index (χ0n) is 11.0. The standard InChI is InChI=1S/C12H18N6O/c1-2-5-13-9(8-3-4-8)6-10-16-12(18-19-10)11-14-7-15-17-11/h7-9,13H,2-6H2,1H3,(H,14,15,17). The molecule has 0 aromatic carbocycles. The van der Waals surface area contributed by atoms with Gasteiger partial charge in [-0.05, 0) is 31.7 Å². The van der Waals surface area contributed by atoms with Crippen molar-refractivity contribution < 1.29 is 4.52 Å². The van der Waals surface area contributed by atoms with E-state index in [9.17, 15) is 0 Å². The molecule has 1 saturated carbocycles. The summed E-state index contributed by atoms with van der Waals surface area (Å²) in [4.78, 5) is 8.37. The van der Waals surface area contributed by atoms with Gasteiger partial charge in [0.2, 0.25) is 11.7 Å². The number of H-pyrrole nitrogens is 1. The van der Waals surface area contributed by atoms with E-state index in [1.165, 1.54) is 19.2 Å². The Morgan fingerprint density at radius 3 is 3.11 bits per heavy atom. The Labute approximate surface area is 111 Å². The molecular weight excluding hydrogens is 244 g/mol. The van der Waals surface area contributed by atoms with Crippen molar-refractivity contribution in [2.24, 2.45) is 5.92 Å². The summed E-state index contributed by atoms with van der Waals surface area (Å²) in [6.45, 7) is 3.20. The number of hydrogen-bond acceptors (Lipinski definition) is 6. The van der Waals surface area contributed by atoms with Crippen LogP contribution in [0.15, 0.2) is 10.9 Å². The van der Waals surface area contributed by atoms with Crippen LogP contribution >= 0.6 is 0 Å². The van der Waals surface area contributed by atoms with Crippen molar-refractivity contribution in [3.63, 3.8) is 0 Å². The summed E-state index contributed by atoms with van der Waals surface area (Å²) in [5.41, 5.74) is 0. The first-order valence-corrected chi connectivity index (χ1v) is 6.78. The number of rotatable bonds is 7. The minimum Gasteiger partial charge on any atom is -0.339 e. The van der Waals surface area contributed by atoms with Crippen LogP contribution in [0.2, 0.25) is 0 Å². The molecule has 2 N–H and O–H groups in total. The Hall–Kier alpha value is -1.76. The average molecular weight is 262 g/mol. The zero-order chi connectivity index (χ0) is 13.1. The summed E-state index contributed by atoms with van der Waals surface area (Å²) in [7, 11) is 0. The molecule has 19 heavy (non-hydrogen) atoms. The second-order valence-electron chi connectivity index (χ2n) is 4.95. The molecule has 1 fully saturated rings. The zero-order valence-corrected chi connectivity index (χ0v) is 11.0. The molecule has 102 valence electrons. The second kappa shape index (κ2) is 5.48. The first-order chi connectivity index (χ1) is 9.36. The third-order valence-electron chi connectivity index (χ3n) is 3.34. The maximum atomic E-state index is 5.29. The highest BCUT2D eigenvalue weighted by Crippen LogP contribution is 2.34. The monoisotopic (exact) mass is 262 g/mol. The van der Waals surface area contributed by atoms with E-state index in [-0.39, 0.29) is 0 Å². The fraction of sp³-hybridized carbons (Fsp3) is 0.667. The quantitative estimate of drug-likeness (QED) is 0.778. The lowest BCUT2D eigenvalue weighted by atomic mass is 10.1. The van der Waals surface area contributed by atoms with Gasteiger partial charge >= 0.3 is 0 Å². The Kier molecular flexibility index (Phi) is 3.54. The lowest BCUT2D eigenvalue weighted by Gasteiger charge is -2.15. The van der Waals surface area contributed by atoms with E-state index >= 15 is 0 Å². The van der Waals surface area contributed by atoms with E-state index in [1.54, 1.807) is 0 Å². The normalized spacial score (nSPS) is 16.7. The fourth-order valence-electron chi connectivity index (χ4n) is 2.17. The molecular formula is C12H18N6O. The van der Waals surface area contributed by atoms with Crippen LogP contribution in [0.25, 0.3) is 11.6 Å². The van der Waals surface area contributed by atoms with Crippen molar-refractivity contribution in [3.05, 3.63) is 12.2 Å². The summed E-state index contributed by atoms with van der Waals surface area (Å²) < 4.78 is 5.29. The molecule has 7 heteroatoms. The first kappa shape index (κ1) is 12.3. The van der Waals surface area contributed by atoms with Gasteiger partial charge in [0.1, 0.15) is 6.33 Å². The molecule has 0 saturated heterocycles. The molecule has 0 amide bonds. The van der Waals surface area contributed by atoms with E-state index in [2.05, 4.69) is 37.6 Å². The SMILES string of the molecule is CCCNC(Cc1nc(-c2ncn[nH]2)no1)C1CC1. The molecule has 0 bridgehead atoms. The van der Waals surface area contributed by atoms with Gasteiger partial charge in [0.15, 0.2) is 5.82 Å². The van der Waals surface area contributed by atoms with E-state index in [4.69, 9.17) is 4.52 Å². The smallest absolute Gasteiger partial charge is 0.239 e. The summed E-state index contributed by atoms with van der Waals surface area (Å²) >= 11 is 0. The number of aromatic amines is 1. The van der Waals surface area contributed by atoms with Gasteiger partial charge in [0, 0.05) is 12.5 Å². The summed E-state index contributed by atoms with van der Waals surface area (Å²) in [6, 6.07) is 0.447. The van der Waals surface area contributed by atoms with Crippen LogP contribution in [0.1, 0.15) is 32.1 Å². The largest absolute Gasteiger partial charge is 0.339 e. The predicted molar refractivity (Wildman–Crippen MR) is 68.2 cm³/mol. The highest BCUT2D eigenvalue weighted by Gasteiger charge is 2.32. The highest BCUT2D eigenvalue weighted by atomic mass is 16.5. The van der Waals surface area contributed by atoms with Gasteiger partial charge in [-0.2, -0.15) is 10.1 Å². The molecule has 2 heterocycles. The van der Waals surface area contributed by atoms with Gasteiger partial charge < -0.3 is 9.84 Å². The van der Waals surface area contributed by atoms with Crippen LogP contribution < -0.4 is 5.32 Å². The number of nitrogens with zero attached hydrogens (tertiary/aromatic N) is 4. The van der Waals surface area contributed by atoms with E-state index in [1.807, 2.05) is 0 Å². The molecule has 1 aliphatic rings. The van der Waals surface area contributed by atoms with Crippen LogP contribution in [-0.2, 0) is 6.42 Å². The van der Waals surface area contributed by atoms with Crippen LogP contribution in [-0.4, -0.2) is 37.9 Å². The summed E-state index contributed by atoms with van der Waals surface area (Å²) in [5.74, 6) is 2.43. The molecule has 1 unspecified atom stereocenters. The molecule has 7 nitrogen and oxygen atoms in total. The Morgan fingerprint density at radius 2 is 2.42 bits per heavy atom. The number of nitrogens with one attached hydrogen (secondary N) is 2. The van der Waals surface area contributed by atoms with Gasteiger partial charge in [-0.15, -0.1) is 0 Å². The number of hydrogen-bond donors (Lipinski definition) is 2. The van der Waals surface area contributed by atoms with Crippen molar-refractivity contribution in [2.75, 3.05) is 6.54 Å². The molecule has 1 aliphatic carbocycles. The summed E-state index contributed by atoms with van der Waals surface area (Å²) in [5, 5.41) is 14.0. The Bertz CT molecular complexity index is 504. The van der Waals surface area contributed by atoms with E-state index in [0.717, 1.165) is 25.3 Å².